The summed E-state index contributed by atoms with van der Waals surface area (Å²) in [6.45, 7) is -0.200. The van der Waals surface area contributed by atoms with Crippen LogP contribution < -0.4 is 15.4 Å². The Labute approximate surface area is 133 Å². The minimum Gasteiger partial charge on any atom is -0.484 e. The van der Waals surface area contributed by atoms with E-state index in [1.165, 1.54) is 7.05 Å². The number of anilines is 1. The van der Waals surface area contributed by atoms with Gasteiger partial charge in [-0.1, -0.05) is 12.1 Å². The fraction of sp³-hybridized carbons (Fsp3) is 0.118. The number of rotatable bonds is 5. The molecule has 0 saturated heterocycles. The van der Waals surface area contributed by atoms with E-state index in [9.17, 15) is 9.59 Å². The van der Waals surface area contributed by atoms with Crippen molar-refractivity contribution in [3.8, 4) is 11.8 Å². The highest BCUT2D eigenvalue weighted by molar-refractivity contribution is 6.03. The number of hydrogen-bond acceptors (Lipinski definition) is 4. The molecule has 0 bridgehead atoms. The Morgan fingerprint density at radius 2 is 1.83 bits per heavy atom. The molecule has 23 heavy (non-hydrogen) atoms. The number of nitriles is 1. The molecule has 2 rings (SSSR count). The largest absolute Gasteiger partial charge is 0.484 e. The zero-order valence-electron chi connectivity index (χ0n) is 12.5. The van der Waals surface area contributed by atoms with E-state index in [2.05, 4.69) is 10.6 Å². The topological polar surface area (TPSA) is 91.2 Å². The molecule has 0 fully saturated rings. The number of carbonyl (C=O) groups excluding carboxylic acids is 2. The first-order chi connectivity index (χ1) is 11.1. The Bertz CT molecular complexity index is 748. The summed E-state index contributed by atoms with van der Waals surface area (Å²) in [7, 11) is 1.52. The Balaban J connectivity index is 1.97. The van der Waals surface area contributed by atoms with E-state index < -0.39 is 0 Å². The summed E-state index contributed by atoms with van der Waals surface area (Å²) in [5, 5.41) is 13.9. The highest BCUT2D eigenvalue weighted by atomic mass is 16.5. The van der Waals surface area contributed by atoms with Crippen LogP contribution in [0.2, 0.25) is 0 Å². The SMILES string of the molecule is CNC(=O)c1ccccc1NC(=O)COc1ccc(C#N)cc1. The van der Waals surface area contributed by atoms with Gasteiger partial charge in [-0.15, -0.1) is 0 Å². The molecule has 6 heteroatoms. The maximum Gasteiger partial charge on any atom is 0.262 e. The van der Waals surface area contributed by atoms with E-state index in [1.807, 2.05) is 6.07 Å². The van der Waals surface area contributed by atoms with E-state index in [4.69, 9.17) is 10.00 Å². The number of nitrogens with zero attached hydrogens (tertiary/aromatic N) is 1. The van der Waals surface area contributed by atoms with Gasteiger partial charge >= 0.3 is 0 Å². The molecule has 6 nitrogen and oxygen atoms in total. The molecule has 0 spiro atoms. The first-order valence-electron chi connectivity index (χ1n) is 6.88. The molecule has 0 aliphatic carbocycles. The van der Waals surface area contributed by atoms with Crippen molar-refractivity contribution in [2.24, 2.45) is 0 Å². The highest BCUT2D eigenvalue weighted by Crippen LogP contribution is 2.15. The van der Waals surface area contributed by atoms with E-state index in [0.717, 1.165) is 0 Å². The van der Waals surface area contributed by atoms with Gasteiger partial charge < -0.3 is 15.4 Å². The number of carbonyl (C=O) groups is 2. The van der Waals surface area contributed by atoms with Crippen molar-refractivity contribution >= 4 is 17.5 Å². The predicted molar refractivity (Wildman–Crippen MR) is 85.1 cm³/mol. The highest BCUT2D eigenvalue weighted by Gasteiger charge is 2.12. The summed E-state index contributed by atoms with van der Waals surface area (Å²) in [6, 6.07) is 15.1. The molecule has 0 heterocycles. The van der Waals surface area contributed by atoms with Crippen molar-refractivity contribution in [3.63, 3.8) is 0 Å². The Hall–Kier alpha value is -3.33. The van der Waals surface area contributed by atoms with Gasteiger partial charge in [0.1, 0.15) is 5.75 Å². The van der Waals surface area contributed by atoms with Crippen molar-refractivity contribution in [2.75, 3.05) is 19.0 Å². The molecule has 0 unspecified atom stereocenters. The minimum atomic E-state index is -0.384. The molecule has 116 valence electrons. The third-order valence-electron chi connectivity index (χ3n) is 3.03. The standard InChI is InChI=1S/C17H15N3O3/c1-19-17(22)14-4-2-3-5-15(14)20-16(21)11-23-13-8-6-12(10-18)7-9-13/h2-9H,11H2,1H3,(H,19,22)(H,20,21). The summed E-state index contributed by atoms with van der Waals surface area (Å²) >= 11 is 0. The fourth-order valence-corrected chi connectivity index (χ4v) is 1.89. The van der Waals surface area contributed by atoms with Gasteiger partial charge in [0.15, 0.2) is 6.61 Å². The van der Waals surface area contributed by atoms with Gasteiger partial charge in [0.05, 0.1) is 22.9 Å². The van der Waals surface area contributed by atoms with Crippen LogP contribution in [0.1, 0.15) is 15.9 Å². The summed E-state index contributed by atoms with van der Waals surface area (Å²) in [5.41, 5.74) is 1.31. The second-order valence-electron chi connectivity index (χ2n) is 4.60. The van der Waals surface area contributed by atoms with Crippen LogP contribution in [-0.4, -0.2) is 25.5 Å². The van der Waals surface area contributed by atoms with Crippen molar-refractivity contribution in [1.29, 1.82) is 5.26 Å². The van der Waals surface area contributed by atoms with Gasteiger partial charge in [0, 0.05) is 7.05 Å². The molecule has 0 aliphatic heterocycles. The number of ether oxygens (including phenoxy) is 1. The summed E-state index contributed by atoms with van der Waals surface area (Å²) in [4.78, 5) is 23.7. The third-order valence-corrected chi connectivity index (χ3v) is 3.03. The monoisotopic (exact) mass is 309 g/mol. The van der Waals surface area contributed by atoms with E-state index in [0.29, 0.717) is 22.6 Å². The predicted octanol–water partition coefficient (Wildman–Crippen LogP) is 1.94. The van der Waals surface area contributed by atoms with E-state index in [1.54, 1.807) is 48.5 Å². The molecule has 0 atom stereocenters. The normalized spacial score (nSPS) is 9.57. The molecule has 2 aromatic carbocycles. The van der Waals surface area contributed by atoms with Crippen LogP contribution in [0.3, 0.4) is 0 Å². The lowest BCUT2D eigenvalue weighted by Crippen LogP contribution is -2.24. The second-order valence-corrected chi connectivity index (χ2v) is 4.60. The molecule has 0 saturated carbocycles. The van der Waals surface area contributed by atoms with Crippen LogP contribution in [0.25, 0.3) is 0 Å². The van der Waals surface area contributed by atoms with Crippen LogP contribution in [0.5, 0.6) is 5.75 Å². The molecular formula is C17H15N3O3. The van der Waals surface area contributed by atoms with Gasteiger partial charge in [-0.3, -0.25) is 9.59 Å². The molecule has 0 aliphatic rings. The Morgan fingerprint density at radius 1 is 1.13 bits per heavy atom. The average molecular weight is 309 g/mol. The van der Waals surface area contributed by atoms with Crippen LogP contribution in [0, 0.1) is 11.3 Å². The van der Waals surface area contributed by atoms with Gasteiger partial charge in [-0.05, 0) is 36.4 Å². The van der Waals surface area contributed by atoms with Gasteiger partial charge in [0.2, 0.25) is 0 Å². The summed E-state index contributed by atoms with van der Waals surface area (Å²) < 4.78 is 5.34. The fourth-order valence-electron chi connectivity index (χ4n) is 1.89. The summed E-state index contributed by atoms with van der Waals surface area (Å²) in [5.74, 6) is -0.182. The molecule has 2 amide bonds. The Kier molecular flexibility index (Phi) is 5.31. The number of hydrogen-bond donors (Lipinski definition) is 2. The van der Waals surface area contributed by atoms with Crippen LogP contribution >= 0.6 is 0 Å². The van der Waals surface area contributed by atoms with Crippen LogP contribution in [0.15, 0.2) is 48.5 Å². The summed E-state index contributed by atoms with van der Waals surface area (Å²) in [6.07, 6.45) is 0. The second kappa shape index (κ2) is 7.61. The average Bonchev–Trinajstić information content (AvgIpc) is 2.60. The number of para-hydroxylation sites is 1. The minimum absolute atomic E-state index is 0.200. The smallest absolute Gasteiger partial charge is 0.262 e. The molecule has 2 aromatic rings. The number of amides is 2. The molecule has 0 radical (unpaired) electrons. The zero-order valence-corrected chi connectivity index (χ0v) is 12.5. The Morgan fingerprint density at radius 3 is 2.48 bits per heavy atom. The molecule has 0 aromatic heterocycles. The van der Waals surface area contributed by atoms with Crippen molar-refractivity contribution in [2.45, 2.75) is 0 Å². The van der Waals surface area contributed by atoms with Crippen LogP contribution in [0.4, 0.5) is 5.69 Å². The maximum absolute atomic E-state index is 12.0. The lowest BCUT2D eigenvalue weighted by Gasteiger charge is -2.10. The van der Waals surface area contributed by atoms with Crippen LogP contribution in [-0.2, 0) is 4.79 Å². The van der Waals surface area contributed by atoms with E-state index in [-0.39, 0.29) is 18.4 Å². The first-order valence-corrected chi connectivity index (χ1v) is 6.88. The quantitative estimate of drug-likeness (QED) is 0.883. The van der Waals surface area contributed by atoms with Crippen molar-refractivity contribution < 1.29 is 14.3 Å². The molecule has 2 N–H and O–H groups in total. The zero-order chi connectivity index (χ0) is 16.7. The lowest BCUT2D eigenvalue weighted by atomic mass is 10.1. The van der Waals surface area contributed by atoms with Gasteiger partial charge in [-0.2, -0.15) is 5.26 Å². The number of nitrogens with one attached hydrogen (secondary N) is 2. The number of benzene rings is 2. The van der Waals surface area contributed by atoms with Crippen molar-refractivity contribution in [1.82, 2.24) is 5.32 Å². The van der Waals surface area contributed by atoms with E-state index >= 15 is 0 Å². The molecular weight excluding hydrogens is 294 g/mol. The maximum atomic E-state index is 12.0. The van der Waals surface area contributed by atoms with Gasteiger partial charge in [0.25, 0.3) is 11.8 Å². The first kappa shape index (κ1) is 16.0. The lowest BCUT2D eigenvalue weighted by molar-refractivity contribution is -0.118. The van der Waals surface area contributed by atoms with Crippen molar-refractivity contribution in [3.05, 3.63) is 59.7 Å². The third kappa shape index (κ3) is 4.32. The van der Waals surface area contributed by atoms with Gasteiger partial charge in [-0.25, -0.2) is 0 Å².